The summed E-state index contributed by atoms with van der Waals surface area (Å²) in [5.41, 5.74) is 0. The zero-order chi connectivity index (χ0) is 5.70. The smallest absolute Gasteiger partial charge is 0.303 e. The molecule has 0 aliphatic carbocycles. The van der Waals surface area contributed by atoms with E-state index >= 15 is 0 Å². The van der Waals surface area contributed by atoms with E-state index in [4.69, 9.17) is 10.2 Å². The molecular formula is C4H8AcO3. The second-order valence-corrected chi connectivity index (χ2v) is 1.22. The van der Waals surface area contributed by atoms with Gasteiger partial charge in [0.25, 0.3) is 0 Å². The van der Waals surface area contributed by atoms with Gasteiger partial charge in [-0.05, 0) is 6.42 Å². The third kappa shape index (κ3) is 9.98. The van der Waals surface area contributed by atoms with Crippen LogP contribution in [-0.4, -0.2) is 22.8 Å². The van der Waals surface area contributed by atoms with Crippen molar-refractivity contribution in [1.29, 1.82) is 0 Å². The zero-order valence-corrected chi connectivity index (χ0v) is 9.25. The van der Waals surface area contributed by atoms with E-state index < -0.39 is 5.97 Å². The maximum absolute atomic E-state index is 9.65. The van der Waals surface area contributed by atoms with Gasteiger partial charge in [0, 0.05) is 57.1 Å². The molecule has 2 N–H and O–H groups in total. The molecule has 0 aromatic heterocycles. The maximum Gasteiger partial charge on any atom is 0.303 e. The Kier molecular flexibility index (Phi) is 11.5. The SMILES string of the molecule is O=C(O)CCCO.[Ac]. The molecule has 1 radical (unpaired) electrons. The summed E-state index contributed by atoms with van der Waals surface area (Å²) in [6.45, 7) is -0.0354. The van der Waals surface area contributed by atoms with Crippen molar-refractivity contribution in [2.75, 3.05) is 6.61 Å². The van der Waals surface area contributed by atoms with Crippen LogP contribution in [0.3, 0.4) is 0 Å². The van der Waals surface area contributed by atoms with E-state index in [1.165, 1.54) is 0 Å². The van der Waals surface area contributed by atoms with Gasteiger partial charge in [-0.25, -0.2) is 0 Å². The maximum atomic E-state index is 9.65. The Labute approximate surface area is 83.6 Å². The Bertz CT molecular complexity index is 64.3. The molecule has 0 spiro atoms. The van der Waals surface area contributed by atoms with Crippen LogP contribution in [0.4, 0.5) is 0 Å². The van der Waals surface area contributed by atoms with Gasteiger partial charge in [-0.1, -0.05) is 0 Å². The van der Waals surface area contributed by atoms with Crippen LogP contribution in [0, 0.1) is 44.1 Å². The van der Waals surface area contributed by atoms with E-state index in [-0.39, 0.29) is 57.1 Å². The third-order valence-electron chi connectivity index (χ3n) is 0.549. The molecule has 0 aromatic rings. The van der Waals surface area contributed by atoms with E-state index in [2.05, 4.69) is 0 Å². The second kappa shape index (κ2) is 7.87. The summed E-state index contributed by atoms with van der Waals surface area (Å²) in [7, 11) is 0. The molecule has 4 heteroatoms. The van der Waals surface area contributed by atoms with Gasteiger partial charge in [-0.2, -0.15) is 0 Å². The summed E-state index contributed by atoms with van der Waals surface area (Å²) in [6, 6.07) is 0. The van der Waals surface area contributed by atoms with Crippen LogP contribution in [0.1, 0.15) is 12.8 Å². The largest absolute Gasteiger partial charge is 0.481 e. The molecule has 0 atom stereocenters. The molecule has 0 saturated heterocycles. The number of hydrogen-bond donors (Lipinski definition) is 2. The molecule has 8 heavy (non-hydrogen) atoms. The molecule has 3 nitrogen and oxygen atoms in total. The van der Waals surface area contributed by atoms with Crippen LogP contribution in [0.25, 0.3) is 0 Å². The summed E-state index contributed by atoms with van der Waals surface area (Å²) >= 11 is 0. The molecule has 0 heterocycles. The molecule has 0 rings (SSSR count). The van der Waals surface area contributed by atoms with Gasteiger partial charge in [-0.15, -0.1) is 0 Å². The quantitative estimate of drug-likeness (QED) is 0.756. The number of aliphatic hydroxyl groups excluding tert-OH is 1. The van der Waals surface area contributed by atoms with Crippen LogP contribution >= 0.6 is 0 Å². The Morgan fingerprint density at radius 3 is 2.12 bits per heavy atom. The van der Waals surface area contributed by atoms with Crippen LogP contribution in [0.2, 0.25) is 0 Å². The molecule has 0 aromatic carbocycles. The summed E-state index contributed by atoms with van der Waals surface area (Å²) < 4.78 is 0. The molecule has 0 aliphatic rings. The molecule has 0 saturated carbocycles. The van der Waals surface area contributed by atoms with E-state index in [1.54, 1.807) is 0 Å². The van der Waals surface area contributed by atoms with Gasteiger partial charge in [0.05, 0.1) is 0 Å². The van der Waals surface area contributed by atoms with Crippen LogP contribution in [-0.2, 0) is 4.79 Å². The number of carboxylic acid groups (broad SMARTS) is 1. The van der Waals surface area contributed by atoms with Crippen molar-refractivity contribution < 1.29 is 59.1 Å². The molecule has 45 valence electrons. The van der Waals surface area contributed by atoms with E-state index in [0.717, 1.165) is 0 Å². The van der Waals surface area contributed by atoms with Gasteiger partial charge in [-0.3, -0.25) is 4.79 Å². The Balaban J connectivity index is 0. The Hall–Kier alpha value is 0.872. The number of hydrogen-bond acceptors (Lipinski definition) is 2. The van der Waals surface area contributed by atoms with E-state index in [1.807, 2.05) is 0 Å². The van der Waals surface area contributed by atoms with Crippen LogP contribution < -0.4 is 0 Å². The van der Waals surface area contributed by atoms with Gasteiger partial charge in [0.1, 0.15) is 0 Å². The minimum Gasteiger partial charge on any atom is -0.481 e. The summed E-state index contributed by atoms with van der Waals surface area (Å²) in [6.07, 6.45) is 0.422. The first-order chi connectivity index (χ1) is 3.27. The van der Waals surface area contributed by atoms with Crippen molar-refractivity contribution in [2.45, 2.75) is 12.8 Å². The van der Waals surface area contributed by atoms with Crippen molar-refractivity contribution in [3.8, 4) is 0 Å². The van der Waals surface area contributed by atoms with Gasteiger partial charge in [0.2, 0.25) is 0 Å². The average Bonchev–Trinajstić information content (AvgIpc) is 1.61. The number of rotatable bonds is 3. The van der Waals surface area contributed by atoms with Crippen molar-refractivity contribution in [3.63, 3.8) is 0 Å². The first-order valence-electron chi connectivity index (χ1n) is 2.10. The number of aliphatic carboxylic acids is 1. The normalized spacial score (nSPS) is 7.62. The second-order valence-electron chi connectivity index (χ2n) is 1.22. The fraction of sp³-hybridized carbons (Fsp3) is 0.750. The number of carbonyl (C=O) groups is 1. The molecular weight excluding hydrogens is 323 g/mol. The van der Waals surface area contributed by atoms with Crippen LogP contribution in [0.15, 0.2) is 0 Å². The van der Waals surface area contributed by atoms with Crippen molar-refractivity contribution >= 4 is 5.97 Å². The topological polar surface area (TPSA) is 57.5 Å². The van der Waals surface area contributed by atoms with E-state index in [0.29, 0.717) is 6.42 Å². The molecule has 0 unspecified atom stereocenters. The summed E-state index contributed by atoms with van der Waals surface area (Å²) in [5.74, 6) is -0.853. The summed E-state index contributed by atoms with van der Waals surface area (Å²) in [5, 5.41) is 16.0. The van der Waals surface area contributed by atoms with Gasteiger partial charge < -0.3 is 10.2 Å². The predicted molar refractivity (Wildman–Crippen MR) is 24.0 cm³/mol. The van der Waals surface area contributed by atoms with Gasteiger partial charge in [0.15, 0.2) is 0 Å². The van der Waals surface area contributed by atoms with Crippen LogP contribution in [0.5, 0.6) is 0 Å². The third-order valence-corrected chi connectivity index (χ3v) is 0.549. The standard InChI is InChI=1S/C4H8O3.Ac/c5-3-1-2-4(6)7;/h5H,1-3H2,(H,6,7);. The molecule has 0 fully saturated rings. The van der Waals surface area contributed by atoms with Crippen molar-refractivity contribution in [3.05, 3.63) is 0 Å². The fourth-order valence-corrected chi connectivity index (χ4v) is 0.230. The minimum absolute atomic E-state index is 0. The average molecular weight is 331 g/mol. The summed E-state index contributed by atoms with van der Waals surface area (Å²) in [4.78, 5) is 9.65. The zero-order valence-electron chi connectivity index (χ0n) is 4.50. The van der Waals surface area contributed by atoms with Crippen molar-refractivity contribution in [1.82, 2.24) is 0 Å². The van der Waals surface area contributed by atoms with E-state index in [9.17, 15) is 4.79 Å². The molecule has 0 aliphatic heterocycles. The predicted octanol–water partition coefficient (Wildman–Crippen LogP) is -0.157. The Morgan fingerprint density at radius 1 is 1.50 bits per heavy atom. The minimum atomic E-state index is -0.853. The Morgan fingerprint density at radius 2 is 2.00 bits per heavy atom. The first kappa shape index (κ1) is 11.6. The first-order valence-corrected chi connectivity index (χ1v) is 2.10. The molecule has 0 bridgehead atoms. The number of aliphatic hydroxyl groups is 1. The number of carboxylic acids is 1. The fourth-order valence-electron chi connectivity index (χ4n) is 0.230. The monoisotopic (exact) mass is 331 g/mol. The molecule has 0 amide bonds. The van der Waals surface area contributed by atoms with Gasteiger partial charge >= 0.3 is 5.97 Å². The van der Waals surface area contributed by atoms with Crippen molar-refractivity contribution in [2.24, 2.45) is 0 Å².